The zero-order valence-electron chi connectivity index (χ0n) is 5.38. The number of hydrogen-bond acceptors (Lipinski definition) is 3. The molecule has 0 atom stereocenters. The van der Waals surface area contributed by atoms with E-state index in [9.17, 15) is 0 Å². The minimum absolute atomic E-state index is 1.12. The summed E-state index contributed by atoms with van der Waals surface area (Å²) < 4.78 is 0. The van der Waals surface area contributed by atoms with Gasteiger partial charge in [0.05, 0.1) is 5.70 Å². The smallest absolute Gasteiger partial charge is 0.134 e. The summed E-state index contributed by atoms with van der Waals surface area (Å²) in [6.07, 6.45) is 1.71. The van der Waals surface area contributed by atoms with E-state index in [1.807, 2.05) is 26.0 Å². The highest BCUT2D eigenvalue weighted by Gasteiger charge is 2.12. The first-order valence-electron chi connectivity index (χ1n) is 2.52. The first-order valence-corrected chi connectivity index (χ1v) is 2.52. The van der Waals surface area contributed by atoms with E-state index >= 15 is 0 Å². The molecule has 0 aromatic heterocycles. The van der Waals surface area contributed by atoms with E-state index in [0.717, 1.165) is 5.70 Å². The van der Waals surface area contributed by atoms with Crippen LogP contribution in [-0.2, 0) is 4.84 Å². The van der Waals surface area contributed by atoms with Crippen molar-refractivity contribution in [3.05, 3.63) is 12.0 Å². The Morgan fingerprint density at radius 1 is 1.50 bits per heavy atom. The third kappa shape index (κ3) is 0.648. The molecule has 0 fully saturated rings. The monoisotopic (exact) mass is 114 g/mol. The van der Waals surface area contributed by atoms with Crippen molar-refractivity contribution in [3.63, 3.8) is 0 Å². The molecule has 0 amide bonds. The molecule has 1 rings (SSSR count). The van der Waals surface area contributed by atoms with Gasteiger partial charge in [-0.2, -0.15) is 0 Å². The van der Waals surface area contributed by atoms with Gasteiger partial charge in [-0.3, -0.25) is 5.01 Å². The van der Waals surface area contributed by atoms with Gasteiger partial charge in [0, 0.05) is 14.1 Å². The van der Waals surface area contributed by atoms with Gasteiger partial charge in [0.1, 0.15) is 6.26 Å². The third-order valence-corrected chi connectivity index (χ3v) is 1.31. The second-order valence-electron chi connectivity index (χ2n) is 1.85. The van der Waals surface area contributed by atoms with Crippen molar-refractivity contribution in [3.8, 4) is 0 Å². The SMILES string of the molecule is CC1=CON(C)N1C. The number of hydroxylamine groups is 1. The number of nitrogens with zero attached hydrogens (tertiary/aromatic N) is 2. The van der Waals surface area contributed by atoms with Crippen molar-refractivity contribution < 1.29 is 4.84 Å². The zero-order chi connectivity index (χ0) is 6.15. The number of hydrogen-bond donors (Lipinski definition) is 0. The van der Waals surface area contributed by atoms with Gasteiger partial charge in [-0.1, -0.05) is 5.17 Å². The van der Waals surface area contributed by atoms with Crippen LogP contribution in [0.25, 0.3) is 0 Å². The van der Waals surface area contributed by atoms with Crippen LogP contribution in [0.15, 0.2) is 12.0 Å². The zero-order valence-corrected chi connectivity index (χ0v) is 5.38. The number of allylic oxidation sites excluding steroid dienone is 1. The molecule has 1 heterocycles. The summed E-state index contributed by atoms with van der Waals surface area (Å²) in [6.45, 7) is 1.99. The highest BCUT2D eigenvalue weighted by atomic mass is 16.7. The van der Waals surface area contributed by atoms with Gasteiger partial charge in [0.2, 0.25) is 0 Å². The highest BCUT2D eigenvalue weighted by molar-refractivity contribution is 4.91. The van der Waals surface area contributed by atoms with E-state index in [4.69, 9.17) is 4.84 Å². The minimum Gasteiger partial charge on any atom is -0.392 e. The van der Waals surface area contributed by atoms with Crippen molar-refractivity contribution in [1.82, 2.24) is 10.2 Å². The highest BCUT2D eigenvalue weighted by Crippen LogP contribution is 2.11. The average molecular weight is 114 g/mol. The summed E-state index contributed by atoms with van der Waals surface area (Å²) in [6, 6.07) is 0. The first-order chi connectivity index (χ1) is 3.72. The van der Waals surface area contributed by atoms with Crippen LogP contribution >= 0.6 is 0 Å². The van der Waals surface area contributed by atoms with Gasteiger partial charge in [0.15, 0.2) is 0 Å². The van der Waals surface area contributed by atoms with Crippen molar-refractivity contribution in [1.29, 1.82) is 0 Å². The fourth-order valence-electron chi connectivity index (χ4n) is 0.522. The topological polar surface area (TPSA) is 15.7 Å². The van der Waals surface area contributed by atoms with Crippen molar-refractivity contribution >= 4 is 0 Å². The van der Waals surface area contributed by atoms with E-state index in [-0.39, 0.29) is 0 Å². The molecule has 0 aliphatic carbocycles. The van der Waals surface area contributed by atoms with Gasteiger partial charge in [-0.05, 0) is 6.92 Å². The first kappa shape index (κ1) is 5.44. The number of rotatable bonds is 0. The van der Waals surface area contributed by atoms with Gasteiger partial charge in [-0.25, -0.2) is 0 Å². The third-order valence-electron chi connectivity index (χ3n) is 1.31. The van der Waals surface area contributed by atoms with E-state index in [1.54, 1.807) is 11.4 Å². The van der Waals surface area contributed by atoms with Crippen LogP contribution in [0.2, 0.25) is 0 Å². The molecule has 1 aliphatic heterocycles. The molecule has 0 unspecified atom stereocenters. The molecule has 0 saturated heterocycles. The van der Waals surface area contributed by atoms with Crippen LogP contribution < -0.4 is 0 Å². The van der Waals surface area contributed by atoms with Gasteiger partial charge >= 0.3 is 0 Å². The van der Waals surface area contributed by atoms with Gasteiger partial charge < -0.3 is 4.84 Å². The maximum atomic E-state index is 4.97. The largest absolute Gasteiger partial charge is 0.392 e. The van der Waals surface area contributed by atoms with Crippen molar-refractivity contribution in [2.75, 3.05) is 14.1 Å². The molecule has 3 heteroatoms. The average Bonchev–Trinajstić information content (AvgIpc) is 1.98. The summed E-state index contributed by atoms with van der Waals surface area (Å²) in [4.78, 5) is 4.97. The Hall–Kier alpha value is -0.700. The molecule has 1 aliphatic rings. The molecule has 0 N–H and O–H groups in total. The second kappa shape index (κ2) is 1.67. The Morgan fingerprint density at radius 3 is 2.25 bits per heavy atom. The van der Waals surface area contributed by atoms with Crippen LogP contribution in [-0.4, -0.2) is 24.3 Å². The summed E-state index contributed by atoms with van der Waals surface area (Å²) >= 11 is 0. The summed E-state index contributed by atoms with van der Waals surface area (Å²) in [5, 5.41) is 3.58. The van der Waals surface area contributed by atoms with Gasteiger partial charge in [0.25, 0.3) is 0 Å². The predicted octanol–water partition coefficient (Wildman–Crippen LogP) is 0.572. The summed E-state index contributed by atoms with van der Waals surface area (Å²) in [5.41, 5.74) is 1.12. The fourth-order valence-corrected chi connectivity index (χ4v) is 0.522. The fraction of sp³-hybridized carbons (Fsp3) is 0.600. The van der Waals surface area contributed by atoms with Crippen LogP contribution in [0, 0.1) is 0 Å². The lowest BCUT2D eigenvalue weighted by Gasteiger charge is -2.19. The lowest BCUT2D eigenvalue weighted by atomic mass is 10.5. The summed E-state index contributed by atoms with van der Waals surface area (Å²) in [5.74, 6) is 0. The molecule has 3 nitrogen and oxygen atoms in total. The second-order valence-corrected chi connectivity index (χ2v) is 1.85. The Labute approximate surface area is 49.1 Å². The Kier molecular flexibility index (Phi) is 1.13. The maximum Gasteiger partial charge on any atom is 0.134 e. The quantitative estimate of drug-likeness (QED) is 0.458. The molecule has 8 heavy (non-hydrogen) atoms. The van der Waals surface area contributed by atoms with Gasteiger partial charge in [-0.15, -0.1) is 0 Å². The minimum atomic E-state index is 1.12. The van der Waals surface area contributed by atoms with Crippen LogP contribution in [0.5, 0.6) is 0 Å². The molecule has 0 bridgehead atoms. The van der Waals surface area contributed by atoms with Crippen LogP contribution in [0.3, 0.4) is 0 Å². The Balaban J connectivity index is 2.59. The molecule has 0 spiro atoms. The van der Waals surface area contributed by atoms with E-state index in [0.29, 0.717) is 0 Å². The van der Waals surface area contributed by atoms with Crippen molar-refractivity contribution in [2.45, 2.75) is 6.92 Å². The van der Waals surface area contributed by atoms with Crippen LogP contribution in [0.4, 0.5) is 0 Å². The molecule has 0 radical (unpaired) electrons. The summed E-state index contributed by atoms with van der Waals surface area (Å²) in [7, 11) is 3.80. The maximum absolute atomic E-state index is 4.97. The number of hydrazine groups is 1. The molecule has 0 aromatic carbocycles. The molecular weight excluding hydrogens is 104 g/mol. The molecule has 0 saturated carbocycles. The van der Waals surface area contributed by atoms with Crippen LogP contribution in [0.1, 0.15) is 6.92 Å². The van der Waals surface area contributed by atoms with E-state index in [2.05, 4.69) is 0 Å². The molecular formula is C5H10N2O. The molecule has 0 aromatic rings. The van der Waals surface area contributed by atoms with Crippen molar-refractivity contribution in [2.24, 2.45) is 0 Å². The van der Waals surface area contributed by atoms with E-state index < -0.39 is 0 Å². The normalized spacial score (nSPS) is 20.9. The van der Waals surface area contributed by atoms with E-state index in [1.165, 1.54) is 0 Å². The Morgan fingerprint density at radius 2 is 2.12 bits per heavy atom. The Bertz CT molecular complexity index is 122. The predicted molar refractivity (Wildman–Crippen MR) is 30.4 cm³/mol. The molecule has 46 valence electrons. The standard InChI is InChI=1S/C5H10N2O/c1-5-4-8-7(3)6(5)2/h4H,1-3H3. The lowest BCUT2D eigenvalue weighted by molar-refractivity contribution is -0.174. The lowest BCUT2D eigenvalue weighted by Crippen LogP contribution is -2.28.